The van der Waals surface area contributed by atoms with Crippen molar-refractivity contribution in [2.45, 2.75) is 48.1 Å². The lowest BCUT2D eigenvalue weighted by molar-refractivity contribution is -0.432. The summed E-state index contributed by atoms with van der Waals surface area (Å²) in [6.07, 6.45) is 0. The number of ether oxygens (including phenoxy) is 2. The van der Waals surface area contributed by atoms with E-state index >= 15 is 0 Å². The molecule has 0 aliphatic rings. The number of nitrogens with one attached hydrogen (secondary N) is 1. The monoisotopic (exact) mass is 1540 g/mol. The topological polar surface area (TPSA) is 569 Å². The zero-order valence-electron chi connectivity index (χ0n) is 51.2. The van der Waals surface area contributed by atoms with Gasteiger partial charge in [0.05, 0.1) is 97.1 Å². The Morgan fingerprint density at radius 3 is 1.43 bits per heavy atom. The molecule has 45 heteroatoms. The van der Waals surface area contributed by atoms with E-state index in [1.54, 1.807) is 20.9 Å². The molecule has 0 unspecified atom stereocenters. The van der Waals surface area contributed by atoms with Gasteiger partial charge in [-0.1, -0.05) is 27.2 Å². The van der Waals surface area contributed by atoms with Gasteiger partial charge in [0.25, 0.3) is 40.5 Å². The molecule has 0 spiro atoms. The number of hydrogen-bond acceptors (Lipinski definition) is 37. The van der Waals surface area contributed by atoms with Crippen LogP contribution in [-0.4, -0.2) is 108 Å². The molecular formula is C57H45N11O27S7. The molecule has 0 aliphatic heterocycles. The van der Waals surface area contributed by atoms with Crippen LogP contribution in [0.5, 0.6) is 34.5 Å². The average molecular weight is 1540 g/mol. The van der Waals surface area contributed by atoms with E-state index in [2.05, 4.69) is 80.2 Å². The molecule has 0 saturated heterocycles. The first-order chi connectivity index (χ1) is 48.5. The molecule has 0 bridgehead atoms. The van der Waals surface area contributed by atoms with Crippen molar-refractivity contribution in [1.29, 1.82) is 0 Å². The molecule has 0 atom stereocenters. The molecule has 38 nitrogen and oxygen atoms in total. The van der Waals surface area contributed by atoms with Crippen molar-refractivity contribution in [3.8, 4) is 34.5 Å². The molecule has 10 aromatic rings. The van der Waals surface area contributed by atoms with Gasteiger partial charge in [-0.2, -0.15) is 43.9 Å². The molecular weight excluding hydrogens is 1500 g/mol. The Kier molecular flexibility index (Phi) is 22.9. The second-order valence-corrected chi connectivity index (χ2v) is 28.1. The predicted molar refractivity (Wildman–Crippen MR) is 359 cm³/mol. The van der Waals surface area contributed by atoms with Gasteiger partial charge in [-0.3, -0.25) is 18.2 Å². The van der Waals surface area contributed by atoms with Crippen LogP contribution >= 0.6 is 36.1 Å². The van der Waals surface area contributed by atoms with E-state index in [0.29, 0.717) is 47.9 Å². The third-order valence-electron chi connectivity index (χ3n) is 14.0. The highest BCUT2D eigenvalue weighted by atomic mass is 32.2. The van der Waals surface area contributed by atoms with Crippen molar-refractivity contribution in [2.75, 3.05) is 25.6 Å². The fourth-order valence-electron chi connectivity index (χ4n) is 9.67. The molecule has 0 heterocycles. The summed E-state index contributed by atoms with van der Waals surface area (Å²) in [4.78, 5) is -3.31. The van der Waals surface area contributed by atoms with Crippen molar-refractivity contribution in [2.24, 2.45) is 51.1 Å². The number of hydrogen-bond donors (Lipinski definition) is 12. The highest BCUT2D eigenvalue weighted by Gasteiger charge is 2.27. The zero-order chi connectivity index (χ0) is 73.6. The summed E-state index contributed by atoms with van der Waals surface area (Å²) in [5.74, 6) is -3.07. The Bertz CT molecular complexity index is 5660. The molecule has 0 radical (unpaired) electrons. The van der Waals surface area contributed by atoms with Crippen LogP contribution in [0.4, 0.5) is 62.6 Å². The van der Waals surface area contributed by atoms with E-state index in [1.165, 1.54) is 78.9 Å². The first-order valence-corrected chi connectivity index (χ1v) is 35.9. The molecule has 0 aromatic heterocycles. The third kappa shape index (κ3) is 16.7. The van der Waals surface area contributed by atoms with Gasteiger partial charge in [0, 0.05) is 51.7 Å². The van der Waals surface area contributed by atoms with Crippen molar-refractivity contribution in [1.82, 2.24) is 0 Å². The number of benzene rings is 10. The third-order valence-corrected chi connectivity index (χ3v) is 19.3. The maximum atomic E-state index is 13.0. The zero-order valence-corrected chi connectivity index (χ0v) is 57.0. The summed E-state index contributed by atoms with van der Waals surface area (Å²) in [6, 6.07) is 23.7. The normalized spacial score (nSPS) is 12.7. The SMILES string of the molecule is CCOc1cc(N=Nc2cc(S(=O)(=O)O)cc3cc(S(=O)(=O)O)cc(O)c23)c(OCC)cc1N=Nc1c(S(=O)(=O)O)cc2ccc(N=Nc3c(NC)ccc4c(O)c(N=Nc5ccc6cc(SOOO)c(N=Nc7cc(SOOO)ccc7S(=O)(=O)O)c(O)c6c5)c(SOOO)cc34)cc2c1O. The Labute approximate surface area is 585 Å². The van der Waals surface area contributed by atoms with Crippen LogP contribution in [0.1, 0.15) is 13.8 Å². The number of phenols is 4. The summed E-state index contributed by atoms with van der Waals surface area (Å²) in [5, 5.41) is 129. The van der Waals surface area contributed by atoms with Gasteiger partial charge < -0.3 is 35.2 Å². The molecule has 10 aromatic carbocycles. The lowest BCUT2D eigenvalue weighted by atomic mass is 10.1. The fourth-order valence-corrected chi connectivity index (χ4v) is 13.4. The first-order valence-electron chi connectivity index (χ1n) is 27.9. The molecule has 0 saturated carbocycles. The number of aromatic hydroxyl groups is 4. The van der Waals surface area contributed by atoms with E-state index in [1.807, 2.05) is 0 Å². The van der Waals surface area contributed by atoms with E-state index in [9.17, 15) is 77.6 Å². The van der Waals surface area contributed by atoms with E-state index in [4.69, 9.17) is 24.3 Å². The molecule has 10 rings (SSSR count). The second-order valence-electron chi connectivity index (χ2n) is 20.2. The van der Waals surface area contributed by atoms with Crippen molar-refractivity contribution in [3.05, 3.63) is 121 Å². The highest BCUT2D eigenvalue weighted by Crippen LogP contribution is 2.52. The maximum absolute atomic E-state index is 13.0. The van der Waals surface area contributed by atoms with Crippen LogP contribution in [0.3, 0.4) is 0 Å². The van der Waals surface area contributed by atoms with Crippen LogP contribution < -0.4 is 14.8 Å². The smallest absolute Gasteiger partial charge is 0.296 e. The number of fused-ring (bicyclic) bond motifs is 4. The van der Waals surface area contributed by atoms with Gasteiger partial charge in [-0.05, 0) is 121 Å². The number of anilines is 1. The van der Waals surface area contributed by atoms with E-state index in [0.717, 1.165) is 36.4 Å². The van der Waals surface area contributed by atoms with Gasteiger partial charge in [0.1, 0.15) is 66.9 Å². The summed E-state index contributed by atoms with van der Waals surface area (Å²) in [7, 11) is -18.5. The average Bonchev–Trinajstić information content (AvgIpc) is 0.777. The molecule has 12 N–H and O–H groups in total. The number of phenolic OH excluding ortho intramolecular Hbond substituents is 4. The summed E-state index contributed by atoms with van der Waals surface area (Å²) in [6.45, 7) is 3.06. The quantitative estimate of drug-likeness (QED) is 0.00712. The minimum absolute atomic E-state index is 0.0113. The van der Waals surface area contributed by atoms with Crippen LogP contribution in [-0.2, 0) is 68.6 Å². The Morgan fingerprint density at radius 2 is 0.882 bits per heavy atom. The lowest BCUT2D eigenvalue weighted by Gasteiger charge is -2.13. The minimum Gasteiger partial charge on any atom is -0.507 e. The Hall–Kier alpha value is -9.83. The largest absolute Gasteiger partial charge is 0.507 e. The number of azo groups is 5. The van der Waals surface area contributed by atoms with Crippen LogP contribution in [0.25, 0.3) is 43.1 Å². The Balaban J connectivity index is 0.998. The molecule has 0 amide bonds. The van der Waals surface area contributed by atoms with Crippen molar-refractivity contribution < 1.29 is 126 Å². The summed E-state index contributed by atoms with van der Waals surface area (Å²) in [5.41, 5.74) is -2.34. The van der Waals surface area contributed by atoms with Crippen molar-refractivity contribution >= 4 is 182 Å². The van der Waals surface area contributed by atoms with Crippen LogP contribution in [0.2, 0.25) is 0 Å². The van der Waals surface area contributed by atoms with Gasteiger partial charge >= 0.3 is 0 Å². The standard InChI is InChI=1S/C57H45N11O27S7/c1-4-88-44-25-40(45(89-5-2)24-39(44)61-64-42-21-32(99(76,77)78)14-28-15-33(100(79,80)81)22-43(69)50(28)42)62-68-54-49(102(85,86)87)17-27-7-9-29(19-36(27)57(54)72)59-65-51-37-23-47(98-95-92-75)53(55(70)34(37)11-12-38(51)58-3)66-60-30-8-6-26-16-46(97-94-91-74)52(56(71)35(26)18-30)67-63-41-20-31(96-93-90-73)10-13-48(41)101(82,83)84/h6-25,58,69-75H,4-5H2,1-3H3,(H,76,77,78)(H,79,80,81)(H,82,83,84)(H,85,86,87). The van der Waals surface area contributed by atoms with Crippen molar-refractivity contribution in [3.63, 3.8) is 0 Å². The van der Waals surface area contributed by atoms with Crippen LogP contribution in [0, 0.1) is 0 Å². The van der Waals surface area contributed by atoms with Gasteiger partial charge in [0.15, 0.2) is 17.2 Å². The Morgan fingerprint density at radius 1 is 0.402 bits per heavy atom. The van der Waals surface area contributed by atoms with Gasteiger partial charge in [-0.25, -0.2) is 15.8 Å². The number of rotatable bonds is 28. The molecule has 532 valence electrons. The fraction of sp³-hybridized carbons (Fsp3) is 0.0877. The molecule has 102 heavy (non-hydrogen) atoms. The lowest BCUT2D eigenvalue weighted by Crippen LogP contribution is -2.00. The molecule has 0 fully saturated rings. The van der Waals surface area contributed by atoms with E-state index in [-0.39, 0.29) is 117 Å². The van der Waals surface area contributed by atoms with Crippen LogP contribution in [0.15, 0.2) is 207 Å². The predicted octanol–water partition coefficient (Wildman–Crippen LogP) is 16.3. The summed E-state index contributed by atoms with van der Waals surface area (Å²) >= 11 is 1.12. The maximum Gasteiger partial charge on any atom is 0.296 e. The van der Waals surface area contributed by atoms with E-state index < -0.39 is 106 Å². The summed E-state index contributed by atoms with van der Waals surface area (Å²) < 4.78 is 164. The first kappa shape index (κ1) is 74.8. The minimum atomic E-state index is -5.20. The van der Waals surface area contributed by atoms with Gasteiger partial charge in [-0.15, -0.1) is 53.9 Å². The second kappa shape index (κ2) is 31.2. The highest BCUT2D eigenvalue weighted by molar-refractivity contribution is 7.95. The van der Waals surface area contributed by atoms with Gasteiger partial charge in [0.2, 0.25) is 0 Å². The number of nitrogens with zero attached hydrogens (tertiary/aromatic N) is 10. The molecule has 0 aliphatic carbocycles.